The predicted molar refractivity (Wildman–Crippen MR) is 140 cm³/mol. The van der Waals surface area contributed by atoms with E-state index < -0.39 is 17.7 Å². The van der Waals surface area contributed by atoms with Gasteiger partial charge in [0.05, 0.1) is 19.9 Å². The van der Waals surface area contributed by atoms with Crippen molar-refractivity contribution in [3.05, 3.63) is 82.2 Å². The van der Waals surface area contributed by atoms with Crippen LogP contribution in [-0.2, 0) is 4.79 Å². The molecule has 0 radical (unpaired) electrons. The Bertz CT molecular complexity index is 1460. The van der Waals surface area contributed by atoms with Crippen LogP contribution in [0.2, 0.25) is 0 Å². The molecule has 38 heavy (non-hydrogen) atoms. The van der Waals surface area contributed by atoms with Gasteiger partial charge in [0.2, 0.25) is 11.8 Å². The molecular weight excluding hydrogens is 494 g/mol. The molecule has 0 bridgehead atoms. The lowest BCUT2D eigenvalue weighted by Gasteiger charge is -2.19. The molecule has 0 spiro atoms. The number of hydrogen-bond donors (Lipinski definition) is 6. The van der Waals surface area contributed by atoms with E-state index in [0.717, 1.165) is 11.6 Å². The van der Waals surface area contributed by atoms with Crippen LogP contribution in [0.15, 0.2) is 59.5 Å². The van der Waals surface area contributed by atoms with Crippen LogP contribution in [0.3, 0.4) is 0 Å². The summed E-state index contributed by atoms with van der Waals surface area (Å²) < 4.78 is 11.7. The molecular formula is C24H27N9O5. The number of H-pyrrole nitrogens is 1. The average Bonchev–Trinajstić information content (AvgIpc) is 3.27. The highest BCUT2D eigenvalue weighted by atomic mass is 16.5. The maximum absolute atomic E-state index is 12.8. The number of methoxy groups -OCH3 is 2. The van der Waals surface area contributed by atoms with Gasteiger partial charge < -0.3 is 31.4 Å². The number of aromatic nitrogens is 5. The van der Waals surface area contributed by atoms with Gasteiger partial charge in [0.15, 0.2) is 11.6 Å². The Morgan fingerprint density at radius 3 is 2.29 bits per heavy atom. The van der Waals surface area contributed by atoms with Crippen LogP contribution in [0.5, 0.6) is 11.8 Å². The van der Waals surface area contributed by atoms with E-state index in [1.54, 1.807) is 48.5 Å². The van der Waals surface area contributed by atoms with Crippen LogP contribution in [0.4, 0.5) is 11.4 Å². The van der Waals surface area contributed by atoms with Gasteiger partial charge in [0.1, 0.15) is 11.9 Å². The topological polar surface area (TPSA) is 220 Å². The summed E-state index contributed by atoms with van der Waals surface area (Å²) in [5, 5.41) is 22.8. The van der Waals surface area contributed by atoms with Crippen LogP contribution in [0, 0.1) is 5.41 Å². The highest BCUT2D eigenvalue weighted by molar-refractivity contribution is 5.95. The molecule has 0 aliphatic heterocycles. The van der Waals surface area contributed by atoms with E-state index in [9.17, 15) is 4.79 Å². The summed E-state index contributed by atoms with van der Waals surface area (Å²) in [5.74, 6) is 0.279. The summed E-state index contributed by atoms with van der Waals surface area (Å²) >= 11 is 0. The lowest BCUT2D eigenvalue weighted by atomic mass is 10.1. The fourth-order valence-corrected chi connectivity index (χ4v) is 3.30. The van der Waals surface area contributed by atoms with Crippen molar-refractivity contribution in [2.75, 3.05) is 25.3 Å². The Balaban J connectivity index is 0.000000934. The molecule has 4 aromatic rings. The number of nitrogens with zero attached hydrogens (tertiary/aromatic N) is 4. The van der Waals surface area contributed by atoms with Gasteiger partial charge in [0.25, 0.3) is 5.97 Å². The van der Waals surface area contributed by atoms with E-state index in [0.29, 0.717) is 40.1 Å². The minimum atomic E-state index is -0.833. The third kappa shape index (κ3) is 6.63. The standard InChI is InChI=1S/C22H23N9O3.C2H4O2/c1-33-16-10-13(11-17(28-16)34-2)18(27-14-7-5-12(6-8-14)19(24)25)20-29-22(32)31(30-20)21-15(23)4-3-9-26-21;1-2(3)4/h3-11,18,27H,23H2,1-2H3,(H3,24,25)(H,29,30,32);1H3,(H,3,4). The van der Waals surface area contributed by atoms with E-state index in [2.05, 4.69) is 25.4 Å². The first-order valence-corrected chi connectivity index (χ1v) is 11.0. The van der Waals surface area contributed by atoms with E-state index in [1.807, 2.05) is 0 Å². The molecule has 3 heterocycles. The first kappa shape index (κ1) is 27.2. The highest BCUT2D eigenvalue weighted by Gasteiger charge is 2.23. The Morgan fingerprint density at radius 1 is 1.16 bits per heavy atom. The molecule has 4 rings (SSSR count). The van der Waals surface area contributed by atoms with Gasteiger partial charge in [-0.1, -0.05) is 0 Å². The van der Waals surface area contributed by atoms with Gasteiger partial charge in [-0.15, -0.1) is 5.10 Å². The third-order valence-corrected chi connectivity index (χ3v) is 4.99. The van der Waals surface area contributed by atoms with E-state index in [1.165, 1.54) is 20.4 Å². The lowest BCUT2D eigenvalue weighted by molar-refractivity contribution is -0.134. The molecule has 0 amide bonds. The molecule has 1 aromatic carbocycles. The number of anilines is 2. The summed E-state index contributed by atoms with van der Waals surface area (Å²) in [6.45, 7) is 1.08. The number of nitrogen functional groups attached to an aromatic ring is 2. The van der Waals surface area contributed by atoms with E-state index in [-0.39, 0.29) is 11.7 Å². The van der Waals surface area contributed by atoms with Gasteiger partial charge in [-0.25, -0.2) is 9.78 Å². The number of carboxylic acid groups (broad SMARTS) is 1. The molecule has 3 aromatic heterocycles. The quantitative estimate of drug-likeness (QED) is 0.144. The van der Waals surface area contributed by atoms with E-state index in [4.69, 9.17) is 36.3 Å². The maximum atomic E-state index is 12.8. The summed E-state index contributed by atoms with van der Waals surface area (Å²) in [4.78, 5) is 33.0. The number of amidine groups is 1. The van der Waals surface area contributed by atoms with Gasteiger partial charge in [-0.05, 0) is 42.0 Å². The molecule has 8 N–H and O–H groups in total. The molecule has 0 saturated heterocycles. The molecule has 0 fully saturated rings. The number of carboxylic acids is 1. The third-order valence-electron chi connectivity index (χ3n) is 4.99. The predicted octanol–water partition coefficient (Wildman–Crippen LogP) is 1.53. The van der Waals surface area contributed by atoms with Crippen molar-refractivity contribution in [3.8, 4) is 17.6 Å². The Labute approximate surface area is 216 Å². The molecule has 0 saturated carbocycles. The zero-order valence-electron chi connectivity index (χ0n) is 20.8. The number of aliphatic carboxylic acids is 1. The van der Waals surface area contributed by atoms with Crippen LogP contribution < -0.4 is 31.9 Å². The molecule has 0 aliphatic carbocycles. The van der Waals surface area contributed by atoms with Crippen molar-refractivity contribution in [1.29, 1.82) is 5.41 Å². The smallest absolute Gasteiger partial charge is 0.349 e. The maximum Gasteiger partial charge on any atom is 0.349 e. The van der Waals surface area contributed by atoms with Crippen molar-refractivity contribution < 1.29 is 19.4 Å². The molecule has 14 nitrogen and oxygen atoms in total. The van der Waals surface area contributed by atoms with Gasteiger partial charge in [-0.3, -0.25) is 15.2 Å². The zero-order chi connectivity index (χ0) is 27.8. The molecule has 14 heteroatoms. The first-order valence-electron chi connectivity index (χ1n) is 11.0. The second-order valence-electron chi connectivity index (χ2n) is 7.72. The Morgan fingerprint density at radius 2 is 1.76 bits per heavy atom. The summed E-state index contributed by atoms with van der Waals surface area (Å²) in [6, 6.07) is 13.0. The number of hydrogen-bond acceptors (Lipinski definition) is 10. The van der Waals surface area contributed by atoms with Crippen molar-refractivity contribution in [2.24, 2.45) is 5.73 Å². The van der Waals surface area contributed by atoms with E-state index >= 15 is 0 Å². The minimum absolute atomic E-state index is 0.0391. The second-order valence-corrected chi connectivity index (χ2v) is 7.72. The SMILES string of the molecule is CC(=O)O.COc1cc(C(Nc2ccc(C(=N)N)cc2)c2nn(-c3ncccc3N)c(=O)[nH]2)cc(OC)n1. The normalized spacial score (nSPS) is 11.0. The van der Waals surface area contributed by atoms with Crippen LogP contribution in [-0.4, -0.2) is 55.9 Å². The van der Waals surface area contributed by atoms with Crippen molar-refractivity contribution in [3.63, 3.8) is 0 Å². The number of carbonyl (C=O) groups is 1. The number of aromatic amines is 1. The number of nitrogens with two attached hydrogens (primary N) is 2. The Kier molecular flexibility index (Phi) is 8.61. The van der Waals surface area contributed by atoms with Gasteiger partial charge in [0, 0.05) is 36.5 Å². The number of benzene rings is 1. The Hall–Kier alpha value is -5.40. The summed E-state index contributed by atoms with van der Waals surface area (Å²) in [5.41, 5.74) is 13.3. The molecule has 1 atom stereocenters. The van der Waals surface area contributed by atoms with Crippen molar-refractivity contribution in [2.45, 2.75) is 13.0 Å². The minimum Gasteiger partial charge on any atom is -0.481 e. The highest BCUT2D eigenvalue weighted by Crippen LogP contribution is 2.29. The largest absolute Gasteiger partial charge is 0.481 e. The zero-order valence-corrected chi connectivity index (χ0v) is 20.8. The summed E-state index contributed by atoms with van der Waals surface area (Å²) in [6.07, 6.45) is 1.53. The second kappa shape index (κ2) is 12.0. The number of ether oxygens (including phenoxy) is 2. The fraction of sp³-hybridized carbons (Fsp3) is 0.167. The van der Waals surface area contributed by atoms with Crippen LogP contribution in [0.25, 0.3) is 5.82 Å². The molecule has 198 valence electrons. The number of pyridine rings is 2. The lowest BCUT2D eigenvalue weighted by Crippen LogP contribution is -2.18. The van der Waals surface area contributed by atoms with Crippen molar-refractivity contribution >= 4 is 23.2 Å². The average molecular weight is 522 g/mol. The van der Waals surface area contributed by atoms with Crippen LogP contribution >= 0.6 is 0 Å². The van der Waals surface area contributed by atoms with Crippen LogP contribution in [0.1, 0.15) is 29.9 Å². The fourth-order valence-electron chi connectivity index (χ4n) is 3.30. The molecule has 0 aliphatic rings. The summed E-state index contributed by atoms with van der Waals surface area (Å²) in [7, 11) is 2.99. The molecule has 1 unspecified atom stereocenters. The van der Waals surface area contributed by atoms with Gasteiger partial charge >= 0.3 is 5.69 Å². The van der Waals surface area contributed by atoms with Crippen molar-refractivity contribution in [1.82, 2.24) is 24.7 Å². The monoisotopic (exact) mass is 521 g/mol. The van der Waals surface area contributed by atoms with Gasteiger partial charge in [-0.2, -0.15) is 9.67 Å². The number of rotatable bonds is 8. The first-order chi connectivity index (χ1) is 18.1. The number of nitrogens with one attached hydrogen (secondary N) is 3.